The van der Waals surface area contributed by atoms with Crippen LogP contribution in [0, 0.1) is 10.1 Å². The van der Waals surface area contributed by atoms with Crippen molar-refractivity contribution < 1.29 is 18.1 Å². The second-order valence-electron chi connectivity index (χ2n) is 4.20. The first-order valence-corrected chi connectivity index (χ1v) is 7.45. The van der Waals surface area contributed by atoms with Crippen molar-refractivity contribution in [2.45, 2.75) is 31.1 Å². The molecule has 0 amide bonds. The summed E-state index contributed by atoms with van der Waals surface area (Å²) < 4.78 is 24.0. The third kappa shape index (κ3) is 4.44. The smallest absolute Gasteiger partial charge is 0.287 e. The van der Waals surface area contributed by atoms with Gasteiger partial charge in [-0.15, -0.1) is 0 Å². The van der Waals surface area contributed by atoms with Gasteiger partial charge in [-0.3, -0.25) is 10.1 Å². The molecule has 19 heavy (non-hydrogen) atoms. The van der Waals surface area contributed by atoms with Crippen LogP contribution < -0.4 is 0 Å². The van der Waals surface area contributed by atoms with Gasteiger partial charge < -0.3 is 4.79 Å². The van der Waals surface area contributed by atoms with Gasteiger partial charge in [-0.25, -0.2) is 8.42 Å². The Hall–Kier alpha value is -1.76. The number of benzene rings is 1. The fourth-order valence-corrected chi connectivity index (χ4v) is 3.20. The van der Waals surface area contributed by atoms with E-state index in [1.807, 2.05) is 0 Å². The average Bonchev–Trinajstić information content (AvgIpc) is 2.34. The maximum absolute atomic E-state index is 12.0. The minimum absolute atomic E-state index is 0.00286. The number of rotatable bonds is 7. The van der Waals surface area contributed by atoms with Gasteiger partial charge >= 0.3 is 0 Å². The first kappa shape index (κ1) is 15.3. The number of hydrogen-bond donors (Lipinski definition) is 0. The number of unbranched alkanes of at least 4 members (excludes halogenated alkanes) is 1. The summed E-state index contributed by atoms with van der Waals surface area (Å²) in [5, 5.41) is 10.8. The van der Waals surface area contributed by atoms with Crippen molar-refractivity contribution in [1.29, 1.82) is 0 Å². The molecule has 0 heterocycles. The highest BCUT2D eigenvalue weighted by molar-refractivity contribution is 7.91. The molecule has 1 rings (SSSR count). The Labute approximate surface area is 111 Å². The standard InChI is InChI=1S/C12H15NO5S/c1-10(14)6-4-5-9-19(17,18)12-8-3-2-7-11(12)13(15)16/h2-3,7-8H,4-6,9H2,1H3. The first-order chi connectivity index (χ1) is 8.84. The fourth-order valence-electron chi connectivity index (χ4n) is 1.65. The molecule has 0 aliphatic heterocycles. The lowest BCUT2D eigenvalue weighted by Gasteiger charge is -2.04. The van der Waals surface area contributed by atoms with Gasteiger partial charge in [0.2, 0.25) is 0 Å². The van der Waals surface area contributed by atoms with E-state index in [9.17, 15) is 23.3 Å². The monoisotopic (exact) mass is 285 g/mol. The first-order valence-electron chi connectivity index (χ1n) is 5.80. The van der Waals surface area contributed by atoms with E-state index < -0.39 is 20.4 Å². The molecule has 0 N–H and O–H groups in total. The van der Waals surface area contributed by atoms with Gasteiger partial charge in [-0.05, 0) is 25.8 Å². The molecule has 0 aromatic heterocycles. The number of ketones is 1. The van der Waals surface area contributed by atoms with Crippen LogP contribution >= 0.6 is 0 Å². The van der Waals surface area contributed by atoms with E-state index in [1.165, 1.54) is 31.2 Å². The Morgan fingerprint density at radius 1 is 1.26 bits per heavy atom. The van der Waals surface area contributed by atoms with Crippen LogP contribution in [0.1, 0.15) is 26.2 Å². The van der Waals surface area contributed by atoms with Crippen molar-refractivity contribution in [3.05, 3.63) is 34.4 Å². The van der Waals surface area contributed by atoms with Crippen LogP contribution in [-0.4, -0.2) is 24.9 Å². The van der Waals surface area contributed by atoms with E-state index in [2.05, 4.69) is 0 Å². The molecule has 0 fully saturated rings. The Bertz CT molecular complexity index is 580. The number of sulfone groups is 1. The summed E-state index contributed by atoms with van der Waals surface area (Å²) >= 11 is 0. The van der Waals surface area contributed by atoms with E-state index in [0.717, 1.165) is 0 Å². The molecule has 7 heteroatoms. The van der Waals surface area contributed by atoms with Crippen LogP contribution in [0.2, 0.25) is 0 Å². The summed E-state index contributed by atoms with van der Waals surface area (Å²) in [4.78, 5) is 20.6. The molecule has 0 radical (unpaired) electrons. The largest absolute Gasteiger partial charge is 0.300 e. The van der Waals surface area contributed by atoms with Crippen LogP contribution in [0.4, 0.5) is 5.69 Å². The van der Waals surface area contributed by atoms with Crippen molar-refractivity contribution in [1.82, 2.24) is 0 Å². The molecule has 0 atom stereocenters. The van der Waals surface area contributed by atoms with Crippen LogP contribution in [0.15, 0.2) is 29.2 Å². The Morgan fingerprint density at radius 2 is 1.89 bits per heavy atom. The second kappa shape index (κ2) is 6.42. The number of Topliss-reactive ketones (excluding diaryl/α,β-unsaturated/α-hetero) is 1. The molecule has 0 spiro atoms. The van der Waals surface area contributed by atoms with Gasteiger partial charge in [-0.1, -0.05) is 12.1 Å². The quantitative estimate of drug-likeness (QED) is 0.434. The van der Waals surface area contributed by atoms with Crippen molar-refractivity contribution in [2.24, 2.45) is 0 Å². The predicted molar refractivity (Wildman–Crippen MR) is 69.7 cm³/mol. The number of nitro benzene ring substituents is 1. The lowest BCUT2D eigenvalue weighted by atomic mass is 10.2. The molecule has 1 aromatic carbocycles. The molecule has 104 valence electrons. The molecule has 0 aliphatic carbocycles. The topological polar surface area (TPSA) is 94.3 Å². The molecule has 0 saturated heterocycles. The number of para-hydroxylation sites is 1. The molecule has 6 nitrogen and oxygen atoms in total. The average molecular weight is 285 g/mol. The summed E-state index contributed by atoms with van der Waals surface area (Å²) in [6, 6.07) is 5.28. The van der Waals surface area contributed by atoms with E-state index in [1.54, 1.807) is 0 Å². The molecule has 0 unspecified atom stereocenters. The minimum atomic E-state index is -3.69. The van der Waals surface area contributed by atoms with Crippen molar-refractivity contribution in [2.75, 3.05) is 5.75 Å². The van der Waals surface area contributed by atoms with E-state index in [4.69, 9.17) is 0 Å². The highest BCUT2D eigenvalue weighted by atomic mass is 32.2. The maximum Gasteiger partial charge on any atom is 0.287 e. The second-order valence-corrected chi connectivity index (χ2v) is 6.28. The number of hydrogen-bond acceptors (Lipinski definition) is 5. The Balaban J connectivity index is 2.83. The van der Waals surface area contributed by atoms with E-state index in [-0.39, 0.29) is 16.4 Å². The van der Waals surface area contributed by atoms with Crippen molar-refractivity contribution >= 4 is 21.3 Å². The van der Waals surface area contributed by atoms with Gasteiger partial charge in [0.1, 0.15) is 10.7 Å². The Kier molecular flexibility index (Phi) is 5.17. The number of carbonyl (C=O) groups is 1. The molecular formula is C12H15NO5S. The van der Waals surface area contributed by atoms with Gasteiger partial charge in [0.25, 0.3) is 5.69 Å². The van der Waals surface area contributed by atoms with Crippen LogP contribution in [0.5, 0.6) is 0 Å². The zero-order valence-corrected chi connectivity index (χ0v) is 11.4. The third-order valence-corrected chi connectivity index (χ3v) is 4.43. The third-order valence-electron chi connectivity index (χ3n) is 2.59. The van der Waals surface area contributed by atoms with Crippen molar-refractivity contribution in [3.8, 4) is 0 Å². The van der Waals surface area contributed by atoms with Gasteiger partial charge in [-0.2, -0.15) is 0 Å². The van der Waals surface area contributed by atoms with Crippen LogP contribution in [-0.2, 0) is 14.6 Å². The lowest BCUT2D eigenvalue weighted by molar-refractivity contribution is -0.387. The minimum Gasteiger partial charge on any atom is -0.300 e. The number of nitro groups is 1. The summed E-state index contributed by atoms with van der Waals surface area (Å²) in [6.07, 6.45) is 1.11. The summed E-state index contributed by atoms with van der Waals surface area (Å²) in [6.45, 7) is 1.44. The molecular weight excluding hydrogens is 270 g/mol. The zero-order chi connectivity index (χ0) is 14.5. The van der Waals surface area contributed by atoms with Gasteiger partial charge in [0.05, 0.1) is 10.7 Å². The van der Waals surface area contributed by atoms with E-state index in [0.29, 0.717) is 19.3 Å². The van der Waals surface area contributed by atoms with Crippen LogP contribution in [0.25, 0.3) is 0 Å². The lowest BCUT2D eigenvalue weighted by Crippen LogP contribution is -2.09. The SMILES string of the molecule is CC(=O)CCCCS(=O)(=O)c1ccccc1[N+](=O)[O-]. The fraction of sp³-hybridized carbons (Fsp3) is 0.417. The summed E-state index contributed by atoms with van der Waals surface area (Å²) in [7, 11) is -3.69. The Morgan fingerprint density at radius 3 is 2.47 bits per heavy atom. The van der Waals surface area contributed by atoms with Gasteiger partial charge in [0.15, 0.2) is 9.84 Å². The number of carbonyl (C=O) groups excluding carboxylic acids is 1. The van der Waals surface area contributed by atoms with E-state index >= 15 is 0 Å². The van der Waals surface area contributed by atoms with Crippen molar-refractivity contribution in [3.63, 3.8) is 0 Å². The normalized spacial score (nSPS) is 11.2. The van der Waals surface area contributed by atoms with Gasteiger partial charge in [0, 0.05) is 12.5 Å². The highest BCUT2D eigenvalue weighted by Crippen LogP contribution is 2.24. The predicted octanol–water partition coefficient (Wildman–Crippen LogP) is 2.13. The molecule has 0 bridgehead atoms. The summed E-state index contributed by atoms with van der Waals surface area (Å²) in [5.41, 5.74) is -0.408. The molecule has 1 aromatic rings. The maximum atomic E-state index is 12.0. The van der Waals surface area contributed by atoms with Crippen LogP contribution in [0.3, 0.4) is 0 Å². The highest BCUT2D eigenvalue weighted by Gasteiger charge is 2.24. The molecule has 0 saturated carbocycles. The number of nitrogens with zero attached hydrogens (tertiary/aromatic N) is 1. The summed E-state index contributed by atoms with van der Waals surface area (Å²) in [5.74, 6) is -0.186. The molecule has 0 aliphatic rings. The zero-order valence-electron chi connectivity index (χ0n) is 10.5.